The Morgan fingerprint density at radius 2 is 2.16 bits per heavy atom. The Morgan fingerprint density at radius 1 is 1.42 bits per heavy atom. The van der Waals surface area contributed by atoms with E-state index in [0.717, 1.165) is 24.2 Å². The van der Waals surface area contributed by atoms with Crippen LogP contribution in [0.2, 0.25) is 0 Å². The highest BCUT2D eigenvalue weighted by Gasteiger charge is 2.39. The second-order valence-electron chi connectivity index (χ2n) is 4.79. The van der Waals surface area contributed by atoms with Crippen LogP contribution >= 0.6 is 11.8 Å². The van der Waals surface area contributed by atoms with Gasteiger partial charge in [-0.2, -0.15) is 5.26 Å². The van der Waals surface area contributed by atoms with Gasteiger partial charge in [-0.15, -0.1) is 11.8 Å². The molecule has 0 saturated heterocycles. The van der Waals surface area contributed by atoms with E-state index < -0.39 is 5.41 Å². The van der Waals surface area contributed by atoms with Crippen molar-refractivity contribution < 1.29 is 4.79 Å². The molecule has 1 aromatic rings. The summed E-state index contributed by atoms with van der Waals surface area (Å²) in [6.45, 7) is 0. The third-order valence-corrected chi connectivity index (χ3v) is 4.28. The number of carbonyl (C=O) groups is 1. The van der Waals surface area contributed by atoms with Gasteiger partial charge in [-0.25, -0.2) is 4.98 Å². The quantitative estimate of drug-likeness (QED) is 0.860. The Hall–Kier alpha value is -1.54. The highest BCUT2D eigenvalue weighted by Crippen LogP contribution is 2.36. The highest BCUT2D eigenvalue weighted by atomic mass is 32.2. The second kappa shape index (κ2) is 6.07. The molecular formula is C14H17N3OS. The molecule has 19 heavy (non-hydrogen) atoms. The molecule has 1 fully saturated rings. The molecule has 0 aromatic carbocycles. The van der Waals surface area contributed by atoms with Crippen molar-refractivity contribution in [3.63, 3.8) is 0 Å². The normalized spacial score (nSPS) is 17.5. The molecule has 1 N–H and O–H groups in total. The van der Waals surface area contributed by atoms with E-state index in [0.29, 0.717) is 18.7 Å². The lowest BCUT2D eigenvalue weighted by Crippen LogP contribution is -2.37. The Balaban J connectivity index is 2.08. The number of aromatic nitrogens is 1. The number of rotatable bonds is 3. The maximum absolute atomic E-state index is 12.3. The maximum atomic E-state index is 12.3. The summed E-state index contributed by atoms with van der Waals surface area (Å²) in [4.78, 5) is 17.5. The predicted molar refractivity (Wildman–Crippen MR) is 75.8 cm³/mol. The van der Waals surface area contributed by atoms with Gasteiger partial charge < -0.3 is 5.32 Å². The van der Waals surface area contributed by atoms with E-state index in [1.165, 1.54) is 0 Å². The van der Waals surface area contributed by atoms with Crippen LogP contribution in [0.5, 0.6) is 0 Å². The number of pyridine rings is 1. The van der Waals surface area contributed by atoms with Gasteiger partial charge in [0.1, 0.15) is 11.2 Å². The molecule has 0 aliphatic heterocycles. The molecule has 1 saturated carbocycles. The smallest absolute Gasteiger partial charge is 0.246 e. The zero-order chi connectivity index (χ0) is 13.7. The van der Waals surface area contributed by atoms with E-state index in [2.05, 4.69) is 16.4 Å². The maximum Gasteiger partial charge on any atom is 0.246 e. The lowest BCUT2D eigenvalue weighted by Gasteiger charge is -2.28. The molecule has 0 spiro atoms. The summed E-state index contributed by atoms with van der Waals surface area (Å²) in [5, 5.41) is 12.1. The first-order valence-electron chi connectivity index (χ1n) is 6.43. The third kappa shape index (κ3) is 3.07. The molecule has 2 rings (SSSR count). The molecule has 1 aliphatic carbocycles. The van der Waals surface area contributed by atoms with Gasteiger partial charge in [-0.05, 0) is 31.2 Å². The van der Waals surface area contributed by atoms with Crippen molar-refractivity contribution in [2.75, 3.05) is 11.6 Å². The SMILES string of the molecule is CSc1ccc(NC(=O)C2(C#N)CCCCC2)nc1. The summed E-state index contributed by atoms with van der Waals surface area (Å²) in [6.07, 6.45) is 8.00. The van der Waals surface area contributed by atoms with Crippen molar-refractivity contribution >= 4 is 23.5 Å². The van der Waals surface area contributed by atoms with Gasteiger partial charge in [0.2, 0.25) is 5.91 Å². The van der Waals surface area contributed by atoms with Crippen LogP contribution in [0.25, 0.3) is 0 Å². The average molecular weight is 275 g/mol. The molecule has 1 amide bonds. The molecule has 1 aromatic heterocycles. The Labute approximate surface area is 117 Å². The fraction of sp³-hybridized carbons (Fsp3) is 0.500. The predicted octanol–water partition coefficient (Wildman–Crippen LogP) is 3.22. The van der Waals surface area contributed by atoms with Crippen molar-refractivity contribution in [2.45, 2.75) is 37.0 Å². The summed E-state index contributed by atoms with van der Waals surface area (Å²) in [7, 11) is 0. The molecule has 0 bridgehead atoms. The van der Waals surface area contributed by atoms with E-state index in [9.17, 15) is 10.1 Å². The highest BCUT2D eigenvalue weighted by molar-refractivity contribution is 7.98. The van der Waals surface area contributed by atoms with Gasteiger partial charge in [0.05, 0.1) is 6.07 Å². The molecule has 0 unspecified atom stereocenters. The van der Waals surface area contributed by atoms with Crippen LogP contribution in [0, 0.1) is 16.7 Å². The number of nitrogens with zero attached hydrogens (tertiary/aromatic N) is 2. The minimum atomic E-state index is -0.863. The van der Waals surface area contributed by atoms with Gasteiger partial charge in [-0.1, -0.05) is 19.3 Å². The standard InChI is InChI=1S/C14H17N3OS/c1-19-11-5-6-12(16-9-11)17-13(18)14(10-15)7-3-2-4-8-14/h5-6,9H,2-4,7-8H2,1H3,(H,16,17,18). The lowest BCUT2D eigenvalue weighted by molar-refractivity contribution is -0.124. The minimum Gasteiger partial charge on any atom is -0.309 e. The van der Waals surface area contributed by atoms with E-state index in [1.54, 1.807) is 24.0 Å². The van der Waals surface area contributed by atoms with Crippen LogP contribution in [0.1, 0.15) is 32.1 Å². The number of hydrogen-bond acceptors (Lipinski definition) is 4. The van der Waals surface area contributed by atoms with Gasteiger partial charge in [0.15, 0.2) is 0 Å². The topological polar surface area (TPSA) is 65.8 Å². The number of nitrogens with one attached hydrogen (secondary N) is 1. The van der Waals surface area contributed by atoms with Crippen LogP contribution in [0.3, 0.4) is 0 Å². The third-order valence-electron chi connectivity index (χ3n) is 3.57. The minimum absolute atomic E-state index is 0.209. The first-order chi connectivity index (χ1) is 9.20. The summed E-state index contributed by atoms with van der Waals surface area (Å²) in [5.74, 6) is 0.308. The van der Waals surface area contributed by atoms with E-state index in [1.807, 2.05) is 12.3 Å². The number of anilines is 1. The molecule has 4 nitrogen and oxygen atoms in total. The van der Waals surface area contributed by atoms with Crippen LogP contribution < -0.4 is 5.32 Å². The molecule has 5 heteroatoms. The van der Waals surface area contributed by atoms with Crippen LogP contribution in [0.4, 0.5) is 5.82 Å². The lowest BCUT2D eigenvalue weighted by atomic mass is 9.74. The zero-order valence-electron chi connectivity index (χ0n) is 11.0. The van der Waals surface area contributed by atoms with Crippen LogP contribution in [0.15, 0.2) is 23.2 Å². The summed E-state index contributed by atoms with van der Waals surface area (Å²) >= 11 is 1.60. The number of nitriles is 1. The van der Waals surface area contributed by atoms with Gasteiger partial charge in [0.25, 0.3) is 0 Å². The molecule has 0 radical (unpaired) electrons. The summed E-state index contributed by atoms with van der Waals surface area (Å²) in [5.41, 5.74) is -0.863. The molecular weight excluding hydrogens is 258 g/mol. The first-order valence-corrected chi connectivity index (χ1v) is 7.65. The van der Waals surface area contributed by atoms with Crippen molar-refractivity contribution in [2.24, 2.45) is 5.41 Å². The molecule has 1 aliphatic rings. The fourth-order valence-electron chi connectivity index (χ4n) is 2.36. The van der Waals surface area contributed by atoms with Crippen molar-refractivity contribution in [1.82, 2.24) is 4.98 Å². The number of carbonyl (C=O) groups excluding carboxylic acids is 1. The average Bonchev–Trinajstić information content (AvgIpc) is 2.48. The molecule has 1 heterocycles. The van der Waals surface area contributed by atoms with E-state index >= 15 is 0 Å². The van der Waals surface area contributed by atoms with Crippen LogP contribution in [-0.2, 0) is 4.79 Å². The van der Waals surface area contributed by atoms with Gasteiger partial charge in [0, 0.05) is 11.1 Å². The number of amides is 1. The Bertz CT molecular complexity index is 486. The van der Waals surface area contributed by atoms with E-state index in [-0.39, 0.29) is 5.91 Å². The van der Waals surface area contributed by atoms with Crippen molar-refractivity contribution in [1.29, 1.82) is 5.26 Å². The molecule has 0 atom stereocenters. The molecule has 100 valence electrons. The Morgan fingerprint density at radius 3 is 2.68 bits per heavy atom. The van der Waals surface area contributed by atoms with E-state index in [4.69, 9.17) is 0 Å². The van der Waals surface area contributed by atoms with Crippen LogP contribution in [-0.4, -0.2) is 17.1 Å². The first kappa shape index (κ1) is 13.9. The second-order valence-corrected chi connectivity index (χ2v) is 5.67. The number of thioether (sulfide) groups is 1. The Kier molecular flexibility index (Phi) is 4.43. The summed E-state index contributed by atoms with van der Waals surface area (Å²) in [6, 6.07) is 5.90. The monoisotopic (exact) mass is 275 g/mol. The van der Waals surface area contributed by atoms with Crippen molar-refractivity contribution in [3.8, 4) is 6.07 Å². The van der Waals surface area contributed by atoms with Crippen molar-refractivity contribution in [3.05, 3.63) is 18.3 Å². The zero-order valence-corrected chi connectivity index (χ0v) is 11.8. The van der Waals surface area contributed by atoms with Gasteiger partial charge in [-0.3, -0.25) is 4.79 Å². The summed E-state index contributed by atoms with van der Waals surface area (Å²) < 4.78 is 0. The van der Waals surface area contributed by atoms with Gasteiger partial charge >= 0.3 is 0 Å². The number of hydrogen-bond donors (Lipinski definition) is 1. The fourth-order valence-corrected chi connectivity index (χ4v) is 2.72. The largest absolute Gasteiger partial charge is 0.309 e.